The van der Waals surface area contributed by atoms with E-state index in [1.165, 1.54) is 6.20 Å². The van der Waals surface area contributed by atoms with Crippen LogP contribution in [-0.2, 0) is 9.47 Å². The van der Waals surface area contributed by atoms with Gasteiger partial charge < -0.3 is 24.8 Å². The summed E-state index contributed by atoms with van der Waals surface area (Å²) in [7, 11) is 0. The molecule has 2 amide bonds. The number of carbonyl (C=O) groups is 2. The molecule has 0 unspecified atom stereocenters. The minimum absolute atomic E-state index is 0.181. The van der Waals surface area contributed by atoms with Crippen molar-refractivity contribution in [1.82, 2.24) is 30.5 Å². The van der Waals surface area contributed by atoms with Gasteiger partial charge in [-0.25, -0.2) is 4.79 Å². The van der Waals surface area contributed by atoms with Crippen LogP contribution in [0.15, 0.2) is 6.20 Å². The van der Waals surface area contributed by atoms with E-state index in [1.54, 1.807) is 11.8 Å². The Morgan fingerprint density at radius 2 is 2.19 bits per heavy atom. The topological polar surface area (TPSA) is 133 Å². The lowest BCUT2D eigenvalue weighted by atomic mass is 9.98. The van der Waals surface area contributed by atoms with Crippen molar-refractivity contribution in [3.63, 3.8) is 0 Å². The third-order valence-corrected chi connectivity index (χ3v) is 4.85. The van der Waals surface area contributed by atoms with E-state index in [9.17, 15) is 14.7 Å². The average Bonchev–Trinajstić information content (AvgIpc) is 3.21. The lowest BCUT2D eigenvalue weighted by Crippen LogP contribution is -2.58. The molecular formula is C16H26N6O5. The van der Waals surface area contributed by atoms with E-state index in [0.29, 0.717) is 52.4 Å². The predicted octanol–water partition coefficient (Wildman–Crippen LogP) is -1.17. The average molecular weight is 382 g/mol. The minimum Gasteiger partial charge on any atom is -0.450 e. The number of amides is 2. The highest BCUT2D eigenvalue weighted by Crippen LogP contribution is 2.17. The van der Waals surface area contributed by atoms with E-state index in [1.807, 2.05) is 0 Å². The van der Waals surface area contributed by atoms with Crippen LogP contribution in [-0.4, -0.2) is 107 Å². The fraction of sp³-hybridized carbons (Fsp3) is 0.750. The number of aromatic nitrogens is 3. The summed E-state index contributed by atoms with van der Waals surface area (Å²) in [5.41, 5.74) is 0.181. The largest absolute Gasteiger partial charge is 0.450 e. The van der Waals surface area contributed by atoms with Crippen LogP contribution in [0.3, 0.4) is 0 Å². The molecule has 0 spiro atoms. The van der Waals surface area contributed by atoms with E-state index >= 15 is 0 Å². The van der Waals surface area contributed by atoms with Crippen LogP contribution in [0.4, 0.5) is 4.79 Å². The lowest BCUT2D eigenvalue weighted by Gasteiger charge is -2.40. The Bertz CT molecular complexity index is 619. The fourth-order valence-corrected chi connectivity index (χ4v) is 3.33. The minimum atomic E-state index is -0.822. The number of aliphatic hydroxyl groups is 1. The van der Waals surface area contributed by atoms with E-state index in [2.05, 4.69) is 25.6 Å². The summed E-state index contributed by atoms with van der Waals surface area (Å²) < 4.78 is 10.7. The maximum Gasteiger partial charge on any atom is 0.409 e. The molecule has 150 valence electrons. The molecule has 3 atom stereocenters. The van der Waals surface area contributed by atoms with Gasteiger partial charge in [0, 0.05) is 39.3 Å². The number of rotatable bonds is 5. The van der Waals surface area contributed by atoms with Gasteiger partial charge in [0.05, 0.1) is 24.9 Å². The Kier molecular flexibility index (Phi) is 6.58. The quantitative estimate of drug-likeness (QED) is 0.580. The number of aliphatic hydroxyl groups excluding tert-OH is 1. The number of hydrogen-bond acceptors (Lipinski definition) is 8. The van der Waals surface area contributed by atoms with Gasteiger partial charge in [-0.3, -0.25) is 9.69 Å². The van der Waals surface area contributed by atoms with Crippen LogP contribution in [0.1, 0.15) is 23.8 Å². The Morgan fingerprint density at radius 3 is 2.85 bits per heavy atom. The van der Waals surface area contributed by atoms with Crippen molar-refractivity contribution >= 4 is 12.0 Å². The van der Waals surface area contributed by atoms with Crippen molar-refractivity contribution < 1.29 is 24.2 Å². The third-order valence-electron chi connectivity index (χ3n) is 4.85. The molecule has 11 nitrogen and oxygen atoms in total. The van der Waals surface area contributed by atoms with Gasteiger partial charge in [-0.2, -0.15) is 15.4 Å². The first-order valence-corrected chi connectivity index (χ1v) is 9.19. The Hall–Kier alpha value is -2.24. The molecule has 0 aromatic carbocycles. The van der Waals surface area contributed by atoms with Crippen LogP contribution in [0.5, 0.6) is 0 Å². The third kappa shape index (κ3) is 4.93. The number of aromatic amines is 1. The van der Waals surface area contributed by atoms with Crippen LogP contribution in [0.2, 0.25) is 0 Å². The second kappa shape index (κ2) is 9.11. The first-order chi connectivity index (χ1) is 13.1. The molecule has 1 aromatic rings. The van der Waals surface area contributed by atoms with E-state index in [4.69, 9.17) is 9.47 Å². The second-order valence-electron chi connectivity index (χ2n) is 6.61. The molecule has 1 aromatic heterocycles. The standard InChI is InChI=1S/C16H26N6O5/c1-2-26-16(25)22-6-4-21(5-7-22)10-13-14(23)11(3-8-27-13)18-15(24)12-9-17-20-19-12/h9,11,13-14,23H,2-8,10H2,1H3,(H,18,24)(H,17,19,20)/t11-,13+,14-/m0/s1. The molecule has 0 radical (unpaired) electrons. The molecule has 3 rings (SSSR count). The highest BCUT2D eigenvalue weighted by molar-refractivity contribution is 5.92. The number of piperazine rings is 1. The van der Waals surface area contributed by atoms with Gasteiger partial charge in [0.25, 0.3) is 5.91 Å². The fourth-order valence-electron chi connectivity index (χ4n) is 3.33. The number of H-pyrrole nitrogens is 1. The zero-order valence-electron chi connectivity index (χ0n) is 15.3. The highest BCUT2D eigenvalue weighted by Gasteiger charge is 2.36. The summed E-state index contributed by atoms with van der Waals surface area (Å²) >= 11 is 0. The van der Waals surface area contributed by atoms with Crippen LogP contribution in [0.25, 0.3) is 0 Å². The Balaban J connectivity index is 1.47. The second-order valence-corrected chi connectivity index (χ2v) is 6.61. The van der Waals surface area contributed by atoms with Gasteiger partial charge in [0.1, 0.15) is 6.10 Å². The molecular weight excluding hydrogens is 356 g/mol. The first-order valence-electron chi connectivity index (χ1n) is 9.19. The van der Waals surface area contributed by atoms with Gasteiger partial charge in [-0.05, 0) is 13.3 Å². The molecule has 3 N–H and O–H groups in total. The maximum atomic E-state index is 12.1. The molecule has 2 fully saturated rings. The normalized spacial score (nSPS) is 26.6. The number of hydrogen-bond donors (Lipinski definition) is 3. The van der Waals surface area contributed by atoms with Crippen molar-refractivity contribution in [2.45, 2.75) is 31.6 Å². The van der Waals surface area contributed by atoms with Gasteiger partial charge >= 0.3 is 6.09 Å². The Labute approximate surface area is 157 Å². The van der Waals surface area contributed by atoms with Gasteiger partial charge in [0.15, 0.2) is 5.69 Å². The SMILES string of the molecule is CCOC(=O)N1CCN(C[C@H]2OCC[C@H](NC(=O)c3cn[nH]n3)[C@@H]2O)CC1. The van der Waals surface area contributed by atoms with Crippen LogP contribution >= 0.6 is 0 Å². The highest BCUT2D eigenvalue weighted by atomic mass is 16.6. The van der Waals surface area contributed by atoms with Crippen molar-refractivity contribution in [2.75, 3.05) is 45.9 Å². The van der Waals surface area contributed by atoms with E-state index < -0.39 is 18.2 Å². The van der Waals surface area contributed by atoms with Gasteiger partial charge in [-0.1, -0.05) is 0 Å². The zero-order valence-corrected chi connectivity index (χ0v) is 15.3. The maximum absolute atomic E-state index is 12.1. The number of nitrogens with zero attached hydrogens (tertiary/aromatic N) is 4. The monoisotopic (exact) mass is 382 g/mol. The van der Waals surface area contributed by atoms with Crippen molar-refractivity contribution in [3.8, 4) is 0 Å². The molecule has 2 saturated heterocycles. The van der Waals surface area contributed by atoms with Crippen LogP contribution in [0, 0.1) is 0 Å². The summed E-state index contributed by atoms with van der Waals surface area (Å²) in [5.74, 6) is -0.378. The van der Waals surface area contributed by atoms with Gasteiger partial charge in [-0.15, -0.1) is 0 Å². The number of ether oxygens (including phenoxy) is 2. The van der Waals surface area contributed by atoms with Crippen LogP contribution < -0.4 is 5.32 Å². The van der Waals surface area contributed by atoms with E-state index in [-0.39, 0.29) is 17.7 Å². The van der Waals surface area contributed by atoms with Crippen molar-refractivity contribution in [2.24, 2.45) is 0 Å². The molecule has 2 aliphatic rings. The summed E-state index contributed by atoms with van der Waals surface area (Å²) in [6, 6.07) is -0.409. The predicted molar refractivity (Wildman–Crippen MR) is 93.0 cm³/mol. The summed E-state index contributed by atoms with van der Waals surface area (Å²) in [4.78, 5) is 27.7. The Morgan fingerprint density at radius 1 is 1.41 bits per heavy atom. The zero-order chi connectivity index (χ0) is 19.2. The summed E-state index contributed by atoms with van der Waals surface area (Å²) in [5, 5.41) is 23.2. The molecule has 27 heavy (non-hydrogen) atoms. The lowest BCUT2D eigenvalue weighted by molar-refractivity contribution is -0.102. The smallest absolute Gasteiger partial charge is 0.409 e. The van der Waals surface area contributed by atoms with Crippen molar-refractivity contribution in [1.29, 1.82) is 0 Å². The molecule has 11 heteroatoms. The molecule has 2 aliphatic heterocycles. The first kappa shape index (κ1) is 19.5. The molecule has 3 heterocycles. The number of carbonyl (C=O) groups excluding carboxylic acids is 2. The van der Waals surface area contributed by atoms with Crippen molar-refractivity contribution in [3.05, 3.63) is 11.9 Å². The number of nitrogens with one attached hydrogen (secondary N) is 2. The molecule has 0 bridgehead atoms. The summed E-state index contributed by atoms with van der Waals surface area (Å²) in [6.07, 6.45) is 0.342. The summed E-state index contributed by atoms with van der Waals surface area (Å²) in [6.45, 7) is 5.66. The molecule has 0 saturated carbocycles. The van der Waals surface area contributed by atoms with Gasteiger partial charge in [0.2, 0.25) is 0 Å². The van der Waals surface area contributed by atoms with E-state index in [0.717, 1.165) is 0 Å². The molecule has 0 aliphatic carbocycles.